The number of carbonyl (C=O) groups excluding carboxylic acids is 1. The molecule has 0 bridgehead atoms. The molecule has 0 radical (unpaired) electrons. The first kappa shape index (κ1) is 16.8. The fourth-order valence-electron chi connectivity index (χ4n) is 1.67. The van der Waals surface area contributed by atoms with Crippen LogP contribution >= 0.6 is 23.2 Å². The lowest BCUT2D eigenvalue weighted by atomic mass is 9.95. The molecule has 0 saturated carbocycles. The summed E-state index contributed by atoms with van der Waals surface area (Å²) in [6.45, 7) is 5.15. The summed E-state index contributed by atoms with van der Waals surface area (Å²) >= 11 is 11.9. The molecule has 1 aromatic carbocycles. The maximum Gasteiger partial charge on any atom is 0.311 e. The maximum atomic E-state index is 11.8. The highest BCUT2D eigenvalue weighted by atomic mass is 35.5. The minimum absolute atomic E-state index is 0.144. The van der Waals surface area contributed by atoms with Crippen molar-refractivity contribution in [2.45, 2.75) is 38.7 Å². The van der Waals surface area contributed by atoms with Gasteiger partial charge in [-0.25, -0.2) is 0 Å². The second-order valence-corrected chi connectivity index (χ2v) is 6.11. The van der Waals surface area contributed by atoms with Crippen LogP contribution in [0.3, 0.4) is 0 Å². The number of carboxylic acids is 1. The molecule has 110 valence electrons. The molecule has 4 nitrogen and oxygen atoms in total. The van der Waals surface area contributed by atoms with E-state index in [4.69, 9.17) is 27.9 Å². The molecule has 0 amide bonds. The van der Waals surface area contributed by atoms with Crippen molar-refractivity contribution in [3.05, 3.63) is 33.8 Å². The number of carboxylic acid groups (broad SMARTS) is 1. The van der Waals surface area contributed by atoms with Gasteiger partial charge in [-0.05, 0) is 32.4 Å². The average Bonchev–Trinajstić information content (AvgIpc) is 2.27. The molecule has 1 atom stereocenters. The van der Waals surface area contributed by atoms with Crippen LogP contribution in [0.2, 0.25) is 10.0 Å². The van der Waals surface area contributed by atoms with Crippen molar-refractivity contribution in [2.75, 3.05) is 0 Å². The van der Waals surface area contributed by atoms with Crippen molar-refractivity contribution < 1.29 is 19.4 Å². The Kier molecular flexibility index (Phi) is 5.42. The molecule has 0 fully saturated rings. The predicted molar refractivity (Wildman–Crippen MR) is 77.3 cm³/mol. The topological polar surface area (TPSA) is 63.6 Å². The fraction of sp³-hybridized carbons (Fsp3) is 0.429. The third-order valence-corrected chi connectivity index (χ3v) is 3.28. The number of hydrogen-bond acceptors (Lipinski definition) is 3. The Morgan fingerprint density at radius 2 is 1.90 bits per heavy atom. The van der Waals surface area contributed by atoms with Gasteiger partial charge in [0.2, 0.25) is 0 Å². The minimum atomic E-state index is -1.15. The summed E-state index contributed by atoms with van der Waals surface area (Å²) in [5, 5.41) is 9.67. The Balaban J connectivity index is 2.99. The molecule has 6 heteroatoms. The SMILES string of the molecule is CC(C)(C)OC(=O)CC(C(=O)O)c1cccc(Cl)c1Cl. The van der Waals surface area contributed by atoms with Gasteiger partial charge in [0.05, 0.1) is 22.4 Å². The van der Waals surface area contributed by atoms with Gasteiger partial charge in [0.25, 0.3) is 0 Å². The van der Waals surface area contributed by atoms with Gasteiger partial charge in [-0.2, -0.15) is 0 Å². The number of hydrogen-bond donors (Lipinski definition) is 1. The van der Waals surface area contributed by atoms with Crippen molar-refractivity contribution in [2.24, 2.45) is 0 Å². The molecular formula is C14H16Cl2O4. The molecule has 1 N–H and O–H groups in total. The molecule has 0 spiro atoms. The van der Waals surface area contributed by atoms with Gasteiger partial charge in [0.1, 0.15) is 5.60 Å². The van der Waals surface area contributed by atoms with Crippen molar-refractivity contribution in [1.82, 2.24) is 0 Å². The lowest BCUT2D eigenvalue weighted by Gasteiger charge is -2.21. The molecule has 0 aliphatic carbocycles. The van der Waals surface area contributed by atoms with Gasteiger partial charge in [-0.3, -0.25) is 9.59 Å². The van der Waals surface area contributed by atoms with E-state index in [1.807, 2.05) is 0 Å². The minimum Gasteiger partial charge on any atom is -0.481 e. The molecule has 20 heavy (non-hydrogen) atoms. The first-order valence-corrected chi connectivity index (χ1v) is 6.76. The normalized spacial score (nSPS) is 12.8. The molecule has 1 rings (SSSR count). The summed E-state index contributed by atoms with van der Waals surface area (Å²) in [4.78, 5) is 23.1. The van der Waals surface area contributed by atoms with Crippen molar-refractivity contribution in [3.8, 4) is 0 Å². The Morgan fingerprint density at radius 1 is 1.30 bits per heavy atom. The molecule has 0 aliphatic heterocycles. The highest BCUT2D eigenvalue weighted by Gasteiger charge is 2.28. The number of rotatable bonds is 4. The third-order valence-electron chi connectivity index (χ3n) is 2.45. The predicted octanol–water partition coefficient (Wildman–Crippen LogP) is 3.89. The van der Waals surface area contributed by atoms with Crippen molar-refractivity contribution in [1.29, 1.82) is 0 Å². The summed E-state index contributed by atoms with van der Waals surface area (Å²) in [6.07, 6.45) is -0.299. The summed E-state index contributed by atoms with van der Waals surface area (Å²) in [7, 11) is 0. The maximum absolute atomic E-state index is 11.8. The Hall–Kier alpha value is -1.26. The summed E-state index contributed by atoms with van der Waals surface area (Å²) in [5.41, 5.74) is -0.365. The first-order chi connectivity index (χ1) is 9.11. The second kappa shape index (κ2) is 6.46. The Labute approximate surface area is 127 Å². The van der Waals surface area contributed by atoms with Crippen LogP contribution in [-0.2, 0) is 14.3 Å². The zero-order valence-corrected chi connectivity index (χ0v) is 13.0. The van der Waals surface area contributed by atoms with E-state index in [-0.39, 0.29) is 16.5 Å². The summed E-state index contributed by atoms with van der Waals surface area (Å²) < 4.78 is 5.13. The van der Waals surface area contributed by atoms with Gasteiger partial charge >= 0.3 is 11.9 Å². The van der Waals surface area contributed by atoms with E-state index in [0.29, 0.717) is 5.56 Å². The van der Waals surface area contributed by atoms with Gasteiger partial charge in [-0.1, -0.05) is 35.3 Å². The summed E-state index contributed by atoms with van der Waals surface area (Å²) in [6, 6.07) is 4.69. The number of esters is 1. The van der Waals surface area contributed by atoms with Crippen molar-refractivity contribution >= 4 is 35.1 Å². The van der Waals surface area contributed by atoms with Crippen LogP contribution in [0.15, 0.2) is 18.2 Å². The van der Waals surface area contributed by atoms with E-state index in [9.17, 15) is 14.7 Å². The average molecular weight is 319 g/mol. The van der Waals surface area contributed by atoms with Crippen LogP contribution in [0.4, 0.5) is 0 Å². The molecule has 0 saturated heterocycles. The monoisotopic (exact) mass is 318 g/mol. The smallest absolute Gasteiger partial charge is 0.311 e. The molecule has 0 aliphatic rings. The van der Waals surface area contributed by atoms with Crippen LogP contribution in [-0.4, -0.2) is 22.6 Å². The van der Waals surface area contributed by atoms with E-state index >= 15 is 0 Å². The third kappa shape index (κ3) is 4.69. The largest absolute Gasteiger partial charge is 0.481 e. The van der Waals surface area contributed by atoms with E-state index in [1.165, 1.54) is 6.07 Å². The van der Waals surface area contributed by atoms with Crippen LogP contribution in [0, 0.1) is 0 Å². The Morgan fingerprint density at radius 3 is 2.40 bits per heavy atom. The second-order valence-electron chi connectivity index (χ2n) is 5.32. The highest BCUT2D eigenvalue weighted by Crippen LogP contribution is 2.33. The fourth-order valence-corrected chi connectivity index (χ4v) is 2.11. The molecule has 1 unspecified atom stereocenters. The zero-order chi connectivity index (χ0) is 15.5. The van der Waals surface area contributed by atoms with Crippen molar-refractivity contribution in [3.63, 3.8) is 0 Å². The lowest BCUT2D eigenvalue weighted by Crippen LogP contribution is -2.26. The molecule has 0 heterocycles. The van der Waals surface area contributed by atoms with E-state index < -0.39 is 23.5 Å². The number of aliphatic carboxylic acids is 1. The Bertz CT molecular complexity index is 520. The van der Waals surface area contributed by atoms with Crippen LogP contribution < -0.4 is 0 Å². The summed E-state index contributed by atoms with van der Waals surface area (Å²) in [5.74, 6) is -2.84. The van der Waals surface area contributed by atoms with Gasteiger partial charge in [0, 0.05) is 0 Å². The highest BCUT2D eigenvalue weighted by molar-refractivity contribution is 6.42. The number of carbonyl (C=O) groups is 2. The lowest BCUT2D eigenvalue weighted by molar-refractivity contribution is -0.158. The zero-order valence-electron chi connectivity index (χ0n) is 11.4. The van der Waals surface area contributed by atoms with Crippen LogP contribution in [0.1, 0.15) is 38.7 Å². The van der Waals surface area contributed by atoms with Gasteiger partial charge in [-0.15, -0.1) is 0 Å². The first-order valence-electron chi connectivity index (χ1n) is 6.00. The number of halogens is 2. The molecular weight excluding hydrogens is 303 g/mol. The molecule has 0 aromatic heterocycles. The van der Waals surface area contributed by atoms with E-state index in [2.05, 4.69) is 0 Å². The van der Waals surface area contributed by atoms with Crippen LogP contribution in [0.25, 0.3) is 0 Å². The van der Waals surface area contributed by atoms with E-state index in [1.54, 1.807) is 32.9 Å². The van der Waals surface area contributed by atoms with E-state index in [0.717, 1.165) is 0 Å². The standard InChI is InChI=1S/C14H16Cl2O4/c1-14(2,3)20-11(17)7-9(13(18)19)8-5-4-6-10(15)12(8)16/h4-6,9H,7H2,1-3H3,(H,18,19). The number of ether oxygens (including phenoxy) is 1. The molecule has 1 aromatic rings. The quantitative estimate of drug-likeness (QED) is 0.855. The van der Waals surface area contributed by atoms with Crippen LogP contribution in [0.5, 0.6) is 0 Å². The van der Waals surface area contributed by atoms with Gasteiger partial charge < -0.3 is 9.84 Å². The number of benzene rings is 1. The van der Waals surface area contributed by atoms with Gasteiger partial charge in [0.15, 0.2) is 0 Å².